The number of carbonyl (C=O) groups excluding carboxylic acids is 1. The quantitative estimate of drug-likeness (QED) is 0.848. The maximum Gasteiger partial charge on any atom is 0.261 e. The molecule has 0 N–H and O–H groups in total. The van der Waals surface area contributed by atoms with Crippen LogP contribution in [-0.2, 0) is 13.0 Å². The number of hydrogen-bond donors (Lipinski definition) is 0. The van der Waals surface area contributed by atoms with Crippen LogP contribution >= 0.6 is 0 Å². The minimum absolute atomic E-state index is 0.0522. The number of benzene rings is 1. The third-order valence-electron chi connectivity index (χ3n) is 4.49. The normalized spacial score (nSPS) is 17.2. The van der Waals surface area contributed by atoms with Gasteiger partial charge in [-0.25, -0.2) is 0 Å². The molecule has 5 heteroatoms. The first-order valence-electron chi connectivity index (χ1n) is 8.68. The first-order chi connectivity index (χ1) is 11.6. The Morgan fingerprint density at radius 3 is 2.88 bits per heavy atom. The van der Waals surface area contributed by atoms with Gasteiger partial charge in [0.1, 0.15) is 0 Å². The average Bonchev–Trinajstić information content (AvgIpc) is 3.02. The number of anilines is 1. The predicted octanol–water partition coefficient (Wildman–Crippen LogP) is 2.82. The maximum atomic E-state index is 13.2. The lowest BCUT2D eigenvalue weighted by Crippen LogP contribution is -2.48. The van der Waals surface area contributed by atoms with Crippen LogP contribution in [0.4, 0.5) is 5.69 Å². The lowest BCUT2D eigenvalue weighted by Gasteiger charge is -2.38. The molecule has 0 fully saturated rings. The van der Waals surface area contributed by atoms with Crippen molar-refractivity contribution in [1.82, 2.24) is 14.7 Å². The molecule has 1 aromatic carbocycles. The Kier molecular flexibility index (Phi) is 5.00. The molecule has 1 amide bonds. The number of likely N-dealkylation sites (N-methyl/N-ethyl adjacent to an activating group) is 1. The van der Waals surface area contributed by atoms with Crippen molar-refractivity contribution in [3.63, 3.8) is 0 Å². The van der Waals surface area contributed by atoms with Crippen LogP contribution in [0.25, 0.3) is 0 Å². The Bertz CT molecular complexity index is 707. The van der Waals surface area contributed by atoms with Crippen molar-refractivity contribution in [3.05, 3.63) is 47.8 Å². The molecular weight excluding hydrogens is 300 g/mol. The van der Waals surface area contributed by atoms with E-state index in [0.717, 1.165) is 38.0 Å². The Morgan fingerprint density at radius 1 is 1.33 bits per heavy atom. The fourth-order valence-electron chi connectivity index (χ4n) is 3.44. The SMILES string of the molecule is CCCn1cc(C(=O)N2c3ccccc3CCC2CN(C)C)cn1. The zero-order chi connectivity index (χ0) is 17.1. The van der Waals surface area contributed by atoms with Crippen LogP contribution in [0.5, 0.6) is 0 Å². The molecule has 1 unspecified atom stereocenters. The minimum Gasteiger partial charge on any atom is -0.307 e. The molecule has 0 spiro atoms. The molecule has 0 aliphatic carbocycles. The van der Waals surface area contributed by atoms with Crippen LogP contribution in [0.15, 0.2) is 36.7 Å². The second kappa shape index (κ2) is 7.18. The summed E-state index contributed by atoms with van der Waals surface area (Å²) in [6.45, 7) is 3.81. The van der Waals surface area contributed by atoms with Gasteiger partial charge in [-0.15, -0.1) is 0 Å². The molecule has 0 saturated carbocycles. The van der Waals surface area contributed by atoms with Gasteiger partial charge in [0.25, 0.3) is 5.91 Å². The Hall–Kier alpha value is -2.14. The van der Waals surface area contributed by atoms with Gasteiger partial charge in [0, 0.05) is 25.0 Å². The second-order valence-corrected chi connectivity index (χ2v) is 6.75. The lowest BCUT2D eigenvalue weighted by atomic mass is 9.94. The molecule has 5 nitrogen and oxygen atoms in total. The highest BCUT2D eigenvalue weighted by Crippen LogP contribution is 2.32. The van der Waals surface area contributed by atoms with Crippen molar-refractivity contribution in [2.75, 3.05) is 25.5 Å². The van der Waals surface area contributed by atoms with E-state index in [2.05, 4.69) is 43.2 Å². The fraction of sp³-hybridized carbons (Fsp3) is 0.474. The zero-order valence-corrected chi connectivity index (χ0v) is 14.8. The molecule has 1 aliphatic rings. The highest BCUT2D eigenvalue weighted by Gasteiger charge is 2.32. The highest BCUT2D eigenvalue weighted by atomic mass is 16.2. The highest BCUT2D eigenvalue weighted by molar-refractivity contribution is 6.07. The number of para-hydroxylation sites is 1. The van der Waals surface area contributed by atoms with Gasteiger partial charge in [0.2, 0.25) is 0 Å². The molecule has 0 radical (unpaired) electrons. The average molecular weight is 326 g/mol. The number of rotatable bonds is 5. The smallest absolute Gasteiger partial charge is 0.261 e. The molecular formula is C19H26N4O. The molecule has 3 rings (SSSR count). The van der Waals surface area contributed by atoms with Crippen LogP contribution in [0.3, 0.4) is 0 Å². The summed E-state index contributed by atoms with van der Waals surface area (Å²) >= 11 is 0. The summed E-state index contributed by atoms with van der Waals surface area (Å²) in [5.74, 6) is 0.0522. The number of amides is 1. The van der Waals surface area contributed by atoms with E-state index in [1.54, 1.807) is 6.20 Å². The zero-order valence-electron chi connectivity index (χ0n) is 14.8. The fourth-order valence-corrected chi connectivity index (χ4v) is 3.44. The summed E-state index contributed by atoms with van der Waals surface area (Å²) in [4.78, 5) is 17.4. The predicted molar refractivity (Wildman–Crippen MR) is 96.4 cm³/mol. The van der Waals surface area contributed by atoms with Gasteiger partial charge >= 0.3 is 0 Å². The topological polar surface area (TPSA) is 41.4 Å². The summed E-state index contributed by atoms with van der Waals surface area (Å²) in [6.07, 6.45) is 6.58. The number of nitrogens with zero attached hydrogens (tertiary/aromatic N) is 4. The summed E-state index contributed by atoms with van der Waals surface area (Å²) in [7, 11) is 4.12. The molecule has 0 saturated heterocycles. The summed E-state index contributed by atoms with van der Waals surface area (Å²) < 4.78 is 1.85. The van der Waals surface area contributed by atoms with Gasteiger partial charge in [-0.1, -0.05) is 25.1 Å². The van der Waals surface area contributed by atoms with Crippen molar-refractivity contribution in [2.24, 2.45) is 0 Å². The van der Waals surface area contributed by atoms with Gasteiger partial charge in [0.15, 0.2) is 0 Å². The van der Waals surface area contributed by atoms with E-state index >= 15 is 0 Å². The first-order valence-corrected chi connectivity index (χ1v) is 8.68. The Labute approximate surface area is 143 Å². The van der Waals surface area contributed by atoms with E-state index in [9.17, 15) is 4.79 Å². The van der Waals surface area contributed by atoms with Gasteiger partial charge in [0.05, 0.1) is 17.8 Å². The number of carbonyl (C=O) groups is 1. The van der Waals surface area contributed by atoms with Crippen LogP contribution in [0.1, 0.15) is 35.7 Å². The van der Waals surface area contributed by atoms with Crippen LogP contribution < -0.4 is 4.90 Å². The van der Waals surface area contributed by atoms with E-state index in [0.29, 0.717) is 5.56 Å². The summed E-state index contributed by atoms with van der Waals surface area (Å²) in [5, 5.41) is 4.32. The standard InChI is InChI=1S/C19H26N4O/c1-4-11-22-13-16(12-20-22)19(24)23-17(14-21(2)3)10-9-15-7-5-6-8-18(15)23/h5-8,12-13,17H,4,9-11,14H2,1-3H3. The summed E-state index contributed by atoms with van der Waals surface area (Å²) in [6, 6.07) is 8.44. The van der Waals surface area contributed by atoms with E-state index in [1.165, 1.54) is 5.56 Å². The van der Waals surface area contributed by atoms with Crippen LogP contribution in [0, 0.1) is 0 Å². The molecule has 24 heavy (non-hydrogen) atoms. The van der Waals surface area contributed by atoms with Crippen molar-refractivity contribution < 1.29 is 4.79 Å². The number of aryl methyl sites for hydroxylation is 2. The van der Waals surface area contributed by atoms with Gasteiger partial charge < -0.3 is 9.80 Å². The maximum absolute atomic E-state index is 13.2. The third kappa shape index (κ3) is 3.36. The van der Waals surface area contributed by atoms with E-state index < -0.39 is 0 Å². The molecule has 1 aromatic heterocycles. The molecule has 1 atom stereocenters. The largest absolute Gasteiger partial charge is 0.307 e. The van der Waals surface area contributed by atoms with Crippen molar-refractivity contribution in [1.29, 1.82) is 0 Å². The third-order valence-corrected chi connectivity index (χ3v) is 4.49. The van der Waals surface area contributed by atoms with Crippen LogP contribution in [-0.4, -0.2) is 47.3 Å². The molecule has 128 valence electrons. The van der Waals surface area contributed by atoms with Gasteiger partial charge in [-0.05, 0) is 45.0 Å². The Balaban J connectivity index is 1.94. The van der Waals surface area contributed by atoms with E-state index in [1.807, 2.05) is 27.9 Å². The van der Waals surface area contributed by atoms with Crippen molar-refractivity contribution in [3.8, 4) is 0 Å². The number of fused-ring (bicyclic) bond motifs is 1. The van der Waals surface area contributed by atoms with E-state index in [-0.39, 0.29) is 11.9 Å². The molecule has 2 aromatic rings. The van der Waals surface area contributed by atoms with Crippen molar-refractivity contribution in [2.45, 2.75) is 38.8 Å². The van der Waals surface area contributed by atoms with Gasteiger partial charge in [-0.3, -0.25) is 9.48 Å². The van der Waals surface area contributed by atoms with E-state index in [4.69, 9.17) is 0 Å². The van der Waals surface area contributed by atoms with Crippen molar-refractivity contribution >= 4 is 11.6 Å². The number of aromatic nitrogens is 2. The Morgan fingerprint density at radius 2 is 2.12 bits per heavy atom. The molecule has 0 bridgehead atoms. The lowest BCUT2D eigenvalue weighted by molar-refractivity contribution is 0.0968. The monoisotopic (exact) mass is 326 g/mol. The number of hydrogen-bond acceptors (Lipinski definition) is 3. The van der Waals surface area contributed by atoms with Gasteiger partial charge in [-0.2, -0.15) is 5.10 Å². The molecule has 1 aliphatic heterocycles. The second-order valence-electron chi connectivity index (χ2n) is 6.75. The van der Waals surface area contributed by atoms with Crippen LogP contribution in [0.2, 0.25) is 0 Å². The molecule has 2 heterocycles. The minimum atomic E-state index is 0.0522. The first kappa shape index (κ1) is 16.7. The summed E-state index contributed by atoms with van der Waals surface area (Å²) in [5.41, 5.74) is 2.97.